The Balaban J connectivity index is 1.64. The van der Waals surface area contributed by atoms with E-state index >= 15 is 0 Å². The minimum atomic E-state index is -0.478. The SMILES string of the molecule is O=C(N/N=C/c1ccc([N+](=O)[O-])cc1)c1ccccc1OCc1cccc(Br)c1. The van der Waals surface area contributed by atoms with Crippen LogP contribution in [-0.4, -0.2) is 17.0 Å². The molecule has 3 aromatic rings. The van der Waals surface area contributed by atoms with Gasteiger partial charge in [0.2, 0.25) is 0 Å². The van der Waals surface area contributed by atoms with Crippen molar-refractivity contribution in [3.63, 3.8) is 0 Å². The number of carbonyl (C=O) groups is 1. The predicted molar refractivity (Wildman–Crippen MR) is 113 cm³/mol. The van der Waals surface area contributed by atoms with Crippen LogP contribution in [-0.2, 0) is 6.61 Å². The van der Waals surface area contributed by atoms with E-state index in [0.717, 1.165) is 10.0 Å². The number of benzene rings is 3. The lowest BCUT2D eigenvalue weighted by Crippen LogP contribution is -2.18. The van der Waals surface area contributed by atoms with Crippen molar-refractivity contribution in [1.29, 1.82) is 0 Å². The Morgan fingerprint density at radius 1 is 1.10 bits per heavy atom. The zero-order chi connectivity index (χ0) is 20.6. The van der Waals surface area contributed by atoms with E-state index < -0.39 is 10.8 Å². The lowest BCUT2D eigenvalue weighted by atomic mass is 10.2. The van der Waals surface area contributed by atoms with Gasteiger partial charge in [0, 0.05) is 16.6 Å². The number of carbonyl (C=O) groups excluding carboxylic acids is 1. The molecule has 0 bridgehead atoms. The van der Waals surface area contributed by atoms with Gasteiger partial charge in [-0.05, 0) is 47.5 Å². The Kier molecular flexibility index (Phi) is 6.70. The fraction of sp³-hybridized carbons (Fsp3) is 0.0476. The fourth-order valence-electron chi connectivity index (χ4n) is 2.48. The van der Waals surface area contributed by atoms with Crippen molar-refractivity contribution in [1.82, 2.24) is 5.43 Å². The molecule has 0 saturated carbocycles. The van der Waals surface area contributed by atoms with Gasteiger partial charge in [-0.15, -0.1) is 0 Å². The molecule has 29 heavy (non-hydrogen) atoms. The van der Waals surface area contributed by atoms with E-state index in [2.05, 4.69) is 26.5 Å². The quantitative estimate of drug-likeness (QED) is 0.318. The van der Waals surface area contributed by atoms with Crippen LogP contribution in [0.4, 0.5) is 5.69 Å². The van der Waals surface area contributed by atoms with E-state index in [1.54, 1.807) is 36.4 Å². The first-order chi connectivity index (χ1) is 14.0. The summed E-state index contributed by atoms with van der Waals surface area (Å²) in [5, 5.41) is 14.6. The first-order valence-corrected chi connectivity index (χ1v) is 9.36. The molecule has 0 heterocycles. The number of hydrazone groups is 1. The van der Waals surface area contributed by atoms with E-state index in [4.69, 9.17) is 4.74 Å². The van der Waals surface area contributed by atoms with Crippen molar-refractivity contribution in [2.45, 2.75) is 6.61 Å². The Morgan fingerprint density at radius 3 is 2.59 bits per heavy atom. The number of ether oxygens (including phenoxy) is 1. The van der Waals surface area contributed by atoms with Gasteiger partial charge in [0.15, 0.2) is 0 Å². The Labute approximate surface area is 175 Å². The normalized spacial score (nSPS) is 10.7. The average Bonchev–Trinajstić information content (AvgIpc) is 2.73. The highest BCUT2D eigenvalue weighted by molar-refractivity contribution is 9.10. The van der Waals surface area contributed by atoms with Gasteiger partial charge in [-0.25, -0.2) is 5.43 Å². The van der Waals surface area contributed by atoms with Gasteiger partial charge >= 0.3 is 0 Å². The van der Waals surface area contributed by atoms with Crippen molar-refractivity contribution in [3.05, 3.63) is 104 Å². The maximum atomic E-state index is 12.5. The van der Waals surface area contributed by atoms with Crippen LogP contribution in [0, 0.1) is 10.1 Å². The van der Waals surface area contributed by atoms with Gasteiger partial charge in [0.1, 0.15) is 12.4 Å². The van der Waals surface area contributed by atoms with Crippen LogP contribution in [0.2, 0.25) is 0 Å². The molecule has 1 amide bonds. The number of nitro benzene ring substituents is 1. The van der Waals surface area contributed by atoms with Crippen LogP contribution in [0.1, 0.15) is 21.5 Å². The van der Waals surface area contributed by atoms with E-state index in [0.29, 0.717) is 23.5 Å². The highest BCUT2D eigenvalue weighted by Crippen LogP contribution is 2.20. The second-order valence-corrected chi connectivity index (χ2v) is 6.88. The average molecular weight is 454 g/mol. The maximum Gasteiger partial charge on any atom is 0.275 e. The molecule has 0 radical (unpaired) electrons. The van der Waals surface area contributed by atoms with Gasteiger partial charge in [-0.3, -0.25) is 14.9 Å². The van der Waals surface area contributed by atoms with Crippen molar-refractivity contribution in [3.8, 4) is 5.75 Å². The summed E-state index contributed by atoms with van der Waals surface area (Å²) in [6.45, 7) is 0.315. The highest BCUT2D eigenvalue weighted by Gasteiger charge is 2.11. The van der Waals surface area contributed by atoms with Gasteiger partial charge in [-0.2, -0.15) is 5.10 Å². The summed E-state index contributed by atoms with van der Waals surface area (Å²) in [7, 11) is 0. The molecule has 0 spiro atoms. The largest absolute Gasteiger partial charge is 0.488 e. The third-order valence-corrected chi connectivity index (χ3v) is 4.39. The zero-order valence-corrected chi connectivity index (χ0v) is 16.7. The van der Waals surface area contributed by atoms with E-state index in [-0.39, 0.29) is 5.69 Å². The lowest BCUT2D eigenvalue weighted by molar-refractivity contribution is -0.384. The van der Waals surface area contributed by atoms with Crippen molar-refractivity contribution in [2.24, 2.45) is 5.10 Å². The Morgan fingerprint density at radius 2 is 1.86 bits per heavy atom. The predicted octanol–water partition coefficient (Wildman–Crippen LogP) is 4.70. The van der Waals surface area contributed by atoms with Crippen LogP contribution >= 0.6 is 15.9 Å². The third-order valence-electron chi connectivity index (χ3n) is 3.90. The second kappa shape index (κ2) is 9.61. The number of hydrogen-bond acceptors (Lipinski definition) is 5. The summed E-state index contributed by atoms with van der Waals surface area (Å²) in [4.78, 5) is 22.7. The molecule has 3 rings (SSSR count). The number of non-ortho nitro benzene ring substituents is 1. The molecular formula is C21H16BrN3O4. The molecule has 0 aromatic heterocycles. The third kappa shape index (κ3) is 5.73. The molecule has 0 atom stereocenters. The first kappa shape index (κ1) is 20.2. The second-order valence-electron chi connectivity index (χ2n) is 5.96. The number of rotatable bonds is 7. The maximum absolute atomic E-state index is 12.5. The molecular weight excluding hydrogens is 438 g/mol. The minimum Gasteiger partial charge on any atom is -0.488 e. The van der Waals surface area contributed by atoms with Gasteiger partial charge < -0.3 is 4.74 Å². The number of amides is 1. The van der Waals surface area contributed by atoms with Crippen molar-refractivity contribution >= 4 is 33.7 Å². The molecule has 8 heteroatoms. The van der Waals surface area contributed by atoms with Crippen molar-refractivity contribution in [2.75, 3.05) is 0 Å². The number of nitrogens with one attached hydrogen (secondary N) is 1. The molecule has 7 nitrogen and oxygen atoms in total. The van der Waals surface area contributed by atoms with E-state index in [1.165, 1.54) is 18.3 Å². The zero-order valence-electron chi connectivity index (χ0n) is 15.1. The molecule has 0 aliphatic heterocycles. The standard InChI is InChI=1S/C21H16BrN3O4/c22-17-5-3-4-16(12-17)14-29-20-7-2-1-6-19(20)21(26)24-23-13-15-8-10-18(11-9-15)25(27)28/h1-13H,14H2,(H,24,26)/b23-13+. The van der Waals surface area contributed by atoms with E-state index in [1.807, 2.05) is 24.3 Å². The summed E-state index contributed by atoms with van der Waals surface area (Å²) in [6, 6.07) is 20.4. The Bertz CT molecular complexity index is 1050. The van der Waals surface area contributed by atoms with Crippen LogP contribution in [0.25, 0.3) is 0 Å². The molecule has 0 aliphatic rings. The lowest BCUT2D eigenvalue weighted by Gasteiger charge is -2.10. The molecule has 1 N–H and O–H groups in total. The van der Waals surface area contributed by atoms with E-state index in [9.17, 15) is 14.9 Å². The number of nitro groups is 1. The highest BCUT2D eigenvalue weighted by atomic mass is 79.9. The molecule has 0 saturated heterocycles. The Hall–Kier alpha value is -3.52. The smallest absolute Gasteiger partial charge is 0.275 e. The van der Waals surface area contributed by atoms with Gasteiger partial charge in [0.25, 0.3) is 11.6 Å². The van der Waals surface area contributed by atoms with Crippen LogP contribution in [0.3, 0.4) is 0 Å². The topological polar surface area (TPSA) is 93.8 Å². The summed E-state index contributed by atoms with van der Waals surface area (Å²) in [5.74, 6) is 0.0171. The first-order valence-electron chi connectivity index (χ1n) is 8.57. The molecule has 0 aliphatic carbocycles. The minimum absolute atomic E-state index is 0.0114. The van der Waals surface area contributed by atoms with Crippen molar-refractivity contribution < 1.29 is 14.5 Å². The number of halogens is 1. The number of nitrogens with zero attached hydrogens (tertiary/aromatic N) is 2. The molecule has 0 fully saturated rings. The van der Waals surface area contributed by atoms with Crippen LogP contribution in [0.5, 0.6) is 5.75 Å². The van der Waals surface area contributed by atoms with Crippen LogP contribution < -0.4 is 10.2 Å². The van der Waals surface area contributed by atoms with Gasteiger partial charge in [-0.1, -0.05) is 40.2 Å². The van der Waals surface area contributed by atoms with Gasteiger partial charge in [0.05, 0.1) is 16.7 Å². The molecule has 146 valence electrons. The summed E-state index contributed by atoms with van der Waals surface area (Å²) < 4.78 is 6.75. The summed E-state index contributed by atoms with van der Waals surface area (Å²) in [5.41, 5.74) is 4.36. The molecule has 0 unspecified atom stereocenters. The van der Waals surface area contributed by atoms with Crippen LogP contribution in [0.15, 0.2) is 82.4 Å². The monoisotopic (exact) mass is 453 g/mol. The summed E-state index contributed by atoms with van der Waals surface area (Å²) in [6.07, 6.45) is 1.41. The number of para-hydroxylation sites is 1. The molecule has 3 aromatic carbocycles. The number of hydrogen-bond donors (Lipinski definition) is 1. The fourth-order valence-corrected chi connectivity index (χ4v) is 2.92. The summed E-state index contributed by atoms with van der Waals surface area (Å²) >= 11 is 3.42.